The zero-order chi connectivity index (χ0) is 14.8. The molecule has 0 spiro atoms. The molecule has 0 N–H and O–H groups in total. The van der Waals surface area contributed by atoms with Gasteiger partial charge in [0, 0.05) is 10.9 Å². The molecule has 0 bridgehead atoms. The third-order valence-corrected chi connectivity index (χ3v) is 4.58. The van der Waals surface area contributed by atoms with E-state index in [9.17, 15) is 4.79 Å². The largest absolute Gasteiger partial charge is 0.298 e. The minimum absolute atomic E-state index is 0.191. The third-order valence-electron chi connectivity index (χ3n) is 3.73. The fraction of sp³-hybridized carbons (Fsp3) is 0.375. The van der Waals surface area contributed by atoms with E-state index in [2.05, 4.69) is 4.98 Å². The number of likely N-dealkylation sites (N-methyl/N-ethyl adjacent to an activating group) is 1. The highest BCUT2D eigenvalue weighted by Gasteiger charge is 2.30. The first-order chi connectivity index (χ1) is 9.41. The van der Waals surface area contributed by atoms with E-state index in [-0.39, 0.29) is 5.78 Å². The highest BCUT2D eigenvalue weighted by molar-refractivity contribution is 7.10. The van der Waals surface area contributed by atoms with Crippen LogP contribution in [0.25, 0.3) is 11.3 Å². The van der Waals surface area contributed by atoms with Gasteiger partial charge in [0.05, 0.1) is 17.7 Å². The Morgan fingerprint density at radius 3 is 2.50 bits per heavy atom. The molecule has 2 rings (SSSR count). The van der Waals surface area contributed by atoms with E-state index >= 15 is 0 Å². The molecule has 20 heavy (non-hydrogen) atoms. The molecule has 0 amide bonds. The number of hydrogen-bond donors (Lipinski definition) is 0. The monoisotopic (exact) mass is 288 g/mol. The minimum Gasteiger partial charge on any atom is -0.298 e. The second-order valence-corrected chi connectivity index (χ2v) is 6.49. The number of hydrogen-bond acceptors (Lipinski definition) is 4. The standard InChI is InChI=1S/C16H20N2OS/c1-16(2,18(3)4)14(19)10-15-17-13(11-20-15)12-8-6-5-7-9-12/h5-9,11H,10H2,1-4H3. The van der Waals surface area contributed by atoms with Crippen LogP contribution in [0.4, 0.5) is 0 Å². The van der Waals surface area contributed by atoms with E-state index in [0.29, 0.717) is 6.42 Å². The summed E-state index contributed by atoms with van der Waals surface area (Å²) in [5, 5.41) is 2.89. The van der Waals surface area contributed by atoms with E-state index in [4.69, 9.17) is 0 Å². The highest BCUT2D eigenvalue weighted by Crippen LogP contribution is 2.23. The van der Waals surface area contributed by atoms with E-state index in [1.54, 1.807) is 11.3 Å². The molecule has 0 unspecified atom stereocenters. The molecule has 106 valence electrons. The zero-order valence-corrected chi connectivity index (χ0v) is 13.2. The molecule has 0 atom stereocenters. The van der Waals surface area contributed by atoms with Crippen molar-refractivity contribution < 1.29 is 4.79 Å². The molecule has 1 aromatic heterocycles. The summed E-state index contributed by atoms with van der Waals surface area (Å²) < 4.78 is 0. The zero-order valence-electron chi connectivity index (χ0n) is 12.4. The minimum atomic E-state index is -0.460. The van der Waals surface area contributed by atoms with Crippen molar-refractivity contribution in [1.82, 2.24) is 9.88 Å². The SMILES string of the molecule is CN(C)C(C)(C)C(=O)Cc1nc(-c2ccccc2)cs1. The predicted molar refractivity (Wildman–Crippen MR) is 84.0 cm³/mol. The first-order valence-electron chi connectivity index (χ1n) is 6.62. The van der Waals surface area contributed by atoms with Crippen molar-refractivity contribution in [3.63, 3.8) is 0 Å². The Kier molecular flexibility index (Phi) is 4.35. The van der Waals surface area contributed by atoms with Crippen LogP contribution in [0.2, 0.25) is 0 Å². The lowest BCUT2D eigenvalue weighted by Gasteiger charge is -2.30. The summed E-state index contributed by atoms with van der Waals surface area (Å²) in [6.07, 6.45) is 0.392. The van der Waals surface area contributed by atoms with Gasteiger partial charge in [0.1, 0.15) is 5.01 Å². The number of carbonyl (C=O) groups excluding carboxylic acids is 1. The first kappa shape index (κ1) is 14.9. The second-order valence-electron chi connectivity index (χ2n) is 5.55. The van der Waals surface area contributed by atoms with Crippen molar-refractivity contribution in [3.8, 4) is 11.3 Å². The van der Waals surface area contributed by atoms with Crippen LogP contribution < -0.4 is 0 Å². The Hall–Kier alpha value is -1.52. The molecule has 0 fully saturated rings. The number of rotatable bonds is 5. The molecule has 1 heterocycles. The highest BCUT2D eigenvalue weighted by atomic mass is 32.1. The van der Waals surface area contributed by atoms with Crippen molar-refractivity contribution in [3.05, 3.63) is 40.7 Å². The van der Waals surface area contributed by atoms with Crippen LogP contribution in [-0.4, -0.2) is 35.3 Å². The lowest BCUT2D eigenvalue weighted by molar-refractivity contribution is -0.127. The van der Waals surface area contributed by atoms with Gasteiger partial charge in [-0.2, -0.15) is 0 Å². The molecule has 0 aliphatic rings. The molecule has 0 radical (unpaired) electrons. The molecule has 2 aromatic rings. The molecular formula is C16H20N2OS. The van der Waals surface area contributed by atoms with Crippen molar-refractivity contribution in [2.24, 2.45) is 0 Å². The molecule has 1 aromatic carbocycles. The lowest BCUT2D eigenvalue weighted by atomic mass is 9.95. The maximum atomic E-state index is 12.3. The molecule has 0 saturated heterocycles. The van der Waals surface area contributed by atoms with E-state index in [1.165, 1.54) is 0 Å². The Bertz CT molecular complexity index is 588. The summed E-state index contributed by atoms with van der Waals surface area (Å²) in [6, 6.07) is 10.0. The molecular weight excluding hydrogens is 268 g/mol. The van der Waals surface area contributed by atoms with Gasteiger partial charge in [-0.3, -0.25) is 9.69 Å². The van der Waals surface area contributed by atoms with E-state index in [1.807, 2.05) is 68.6 Å². The van der Waals surface area contributed by atoms with Crippen LogP contribution in [0.3, 0.4) is 0 Å². The van der Waals surface area contributed by atoms with Crippen LogP contribution in [0.5, 0.6) is 0 Å². The summed E-state index contributed by atoms with van der Waals surface area (Å²) in [6.45, 7) is 3.89. The number of ketones is 1. The van der Waals surface area contributed by atoms with Crippen LogP contribution in [0.15, 0.2) is 35.7 Å². The van der Waals surface area contributed by atoms with Crippen LogP contribution in [0, 0.1) is 0 Å². The molecule has 4 heteroatoms. The van der Waals surface area contributed by atoms with Gasteiger partial charge in [0.25, 0.3) is 0 Å². The Labute approximate surface area is 124 Å². The van der Waals surface area contributed by atoms with Gasteiger partial charge < -0.3 is 0 Å². The quantitative estimate of drug-likeness (QED) is 0.846. The van der Waals surface area contributed by atoms with Gasteiger partial charge in [-0.1, -0.05) is 30.3 Å². The van der Waals surface area contributed by atoms with Crippen molar-refractivity contribution in [2.45, 2.75) is 25.8 Å². The number of carbonyl (C=O) groups is 1. The Morgan fingerprint density at radius 2 is 1.90 bits per heavy atom. The lowest BCUT2D eigenvalue weighted by Crippen LogP contribution is -2.46. The maximum Gasteiger partial charge on any atom is 0.159 e. The topological polar surface area (TPSA) is 33.2 Å². The molecule has 3 nitrogen and oxygen atoms in total. The number of Topliss-reactive ketones (excluding diaryl/α,β-unsaturated/α-hetero) is 1. The van der Waals surface area contributed by atoms with Crippen molar-refractivity contribution >= 4 is 17.1 Å². The van der Waals surface area contributed by atoms with Crippen LogP contribution in [-0.2, 0) is 11.2 Å². The van der Waals surface area contributed by atoms with Gasteiger partial charge in [-0.05, 0) is 27.9 Å². The van der Waals surface area contributed by atoms with Gasteiger partial charge >= 0.3 is 0 Å². The van der Waals surface area contributed by atoms with Gasteiger partial charge in [0.15, 0.2) is 5.78 Å². The average Bonchev–Trinajstić information content (AvgIpc) is 2.88. The van der Waals surface area contributed by atoms with Crippen LogP contribution in [0.1, 0.15) is 18.9 Å². The number of benzene rings is 1. The predicted octanol–water partition coefficient (Wildman–Crippen LogP) is 3.26. The normalized spacial score (nSPS) is 11.8. The Balaban J connectivity index is 2.13. The fourth-order valence-electron chi connectivity index (χ4n) is 1.74. The number of thiazole rings is 1. The van der Waals surface area contributed by atoms with Crippen LogP contribution >= 0.6 is 11.3 Å². The molecule has 0 aliphatic carbocycles. The second kappa shape index (κ2) is 5.85. The number of nitrogens with zero attached hydrogens (tertiary/aromatic N) is 2. The number of aromatic nitrogens is 1. The Morgan fingerprint density at radius 1 is 1.25 bits per heavy atom. The summed E-state index contributed by atoms with van der Waals surface area (Å²) in [7, 11) is 3.85. The van der Waals surface area contributed by atoms with Gasteiger partial charge in [-0.15, -0.1) is 11.3 Å². The fourth-order valence-corrected chi connectivity index (χ4v) is 2.54. The van der Waals surface area contributed by atoms with Gasteiger partial charge in [0.2, 0.25) is 0 Å². The summed E-state index contributed by atoms with van der Waals surface area (Å²) in [5.41, 5.74) is 1.58. The maximum absolute atomic E-state index is 12.3. The van der Waals surface area contributed by atoms with Crippen molar-refractivity contribution in [1.29, 1.82) is 0 Å². The summed E-state index contributed by atoms with van der Waals surface area (Å²) in [5.74, 6) is 0.191. The summed E-state index contributed by atoms with van der Waals surface area (Å²) in [4.78, 5) is 18.9. The average molecular weight is 288 g/mol. The van der Waals surface area contributed by atoms with Crippen molar-refractivity contribution in [2.75, 3.05) is 14.1 Å². The van der Waals surface area contributed by atoms with E-state index < -0.39 is 5.54 Å². The first-order valence-corrected chi connectivity index (χ1v) is 7.50. The molecule has 0 aliphatic heterocycles. The smallest absolute Gasteiger partial charge is 0.159 e. The third kappa shape index (κ3) is 3.14. The van der Waals surface area contributed by atoms with E-state index in [0.717, 1.165) is 16.3 Å². The summed E-state index contributed by atoms with van der Waals surface area (Å²) >= 11 is 1.55. The van der Waals surface area contributed by atoms with Gasteiger partial charge in [-0.25, -0.2) is 4.98 Å². The molecule has 0 saturated carbocycles.